The number of halogens is 1. The molecule has 2 aliphatic rings. The number of benzene rings is 2. The Morgan fingerprint density at radius 2 is 1.87 bits per heavy atom. The third kappa shape index (κ3) is 2.67. The summed E-state index contributed by atoms with van der Waals surface area (Å²) in [6.45, 7) is 3.63. The number of para-hydroxylation sites is 1. The summed E-state index contributed by atoms with van der Waals surface area (Å²) in [6, 6.07) is 11.6. The Bertz CT molecular complexity index is 1240. The molecule has 2 unspecified atom stereocenters. The number of H-pyrrole nitrogens is 1. The van der Waals surface area contributed by atoms with E-state index in [-0.39, 0.29) is 0 Å². The van der Waals surface area contributed by atoms with E-state index in [0.29, 0.717) is 24.3 Å². The molecule has 31 heavy (non-hydrogen) atoms. The van der Waals surface area contributed by atoms with Crippen LogP contribution >= 0.6 is 0 Å². The minimum Gasteiger partial charge on any atom is -0.356 e. The van der Waals surface area contributed by atoms with Crippen LogP contribution in [0.15, 0.2) is 48.5 Å². The molecular weight excluding hydrogens is 399 g/mol. The van der Waals surface area contributed by atoms with Gasteiger partial charge in [0.15, 0.2) is 5.54 Å². The number of aromatic amines is 1. The van der Waals surface area contributed by atoms with Gasteiger partial charge in [-0.2, -0.15) is 0 Å². The zero-order valence-corrected chi connectivity index (χ0v) is 17.1. The number of anilines is 1. The molecule has 5 rings (SSSR count). The van der Waals surface area contributed by atoms with E-state index in [0.717, 1.165) is 21.4 Å². The van der Waals surface area contributed by atoms with Crippen molar-refractivity contribution in [1.82, 2.24) is 14.8 Å². The van der Waals surface area contributed by atoms with Gasteiger partial charge in [0.25, 0.3) is 5.91 Å². The van der Waals surface area contributed by atoms with Gasteiger partial charge >= 0.3 is 6.03 Å². The first-order valence-corrected chi connectivity index (χ1v) is 10.1. The molecule has 0 spiro atoms. The number of hydrogen-bond acceptors (Lipinski definition) is 3. The molecule has 158 valence electrons. The van der Waals surface area contributed by atoms with Gasteiger partial charge < -0.3 is 15.2 Å². The van der Waals surface area contributed by atoms with E-state index in [1.54, 1.807) is 6.92 Å². The number of aromatic nitrogens is 1. The number of imide groups is 1. The quantitative estimate of drug-likeness (QED) is 0.637. The molecule has 0 saturated carbocycles. The molecule has 3 heterocycles. The van der Waals surface area contributed by atoms with E-state index in [1.807, 2.05) is 24.3 Å². The maximum Gasteiger partial charge on any atom is 0.328 e. The number of hydrogen-bond donors (Lipinski definition) is 2. The zero-order chi connectivity index (χ0) is 21.9. The maximum absolute atomic E-state index is 13.6. The Morgan fingerprint density at radius 3 is 2.61 bits per heavy atom. The van der Waals surface area contributed by atoms with Gasteiger partial charge in [0.05, 0.1) is 5.69 Å². The number of nitrogens with zero attached hydrogens (tertiary/aromatic N) is 2. The van der Waals surface area contributed by atoms with E-state index in [2.05, 4.69) is 10.3 Å². The van der Waals surface area contributed by atoms with Gasteiger partial charge in [-0.3, -0.25) is 9.59 Å². The fourth-order valence-electron chi connectivity index (χ4n) is 4.66. The van der Waals surface area contributed by atoms with Crippen molar-refractivity contribution in [3.05, 3.63) is 65.6 Å². The van der Waals surface area contributed by atoms with Gasteiger partial charge in [-0.05, 0) is 56.2 Å². The first-order valence-electron chi connectivity index (χ1n) is 10.1. The van der Waals surface area contributed by atoms with Crippen molar-refractivity contribution in [2.75, 3.05) is 11.9 Å². The number of rotatable bonds is 3. The normalized spacial score (nSPS) is 21.3. The Labute approximate surface area is 177 Å². The molecule has 0 bridgehead atoms. The topological polar surface area (TPSA) is 85.5 Å². The van der Waals surface area contributed by atoms with Crippen LogP contribution in [0.3, 0.4) is 0 Å². The van der Waals surface area contributed by atoms with Gasteiger partial charge in [0.1, 0.15) is 11.9 Å². The molecule has 3 aromatic rings. The van der Waals surface area contributed by atoms with Crippen LogP contribution in [0.1, 0.15) is 25.1 Å². The summed E-state index contributed by atoms with van der Waals surface area (Å²) in [4.78, 5) is 45.5. The third-order valence-corrected chi connectivity index (χ3v) is 6.38. The second kappa shape index (κ2) is 6.66. The Morgan fingerprint density at radius 1 is 1.16 bits per heavy atom. The second-order valence-electron chi connectivity index (χ2n) is 8.13. The van der Waals surface area contributed by atoms with Crippen molar-refractivity contribution in [2.24, 2.45) is 0 Å². The van der Waals surface area contributed by atoms with Crippen LogP contribution in [0.4, 0.5) is 14.9 Å². The molecule has 4 amide bonds. The van der Waals surface area contributed by atoms with Crippen molar-refractivity contribution in [1.29, 1.82) is 0 Å². The number of amides is 4. The number of fused-ring (bicyclic) bond motifs is 5. The average molecular weight is 420 g/mol. The highest BCUT2D eigenvalue weighted by Gasteiger charge is 2.60. The highest BCUT2D eigenvalue weighted by Crippen LogP contribution is 2.44. The average Bonchev–Trinajstić information content (AvgIpc) is 3.23. The first kappa shape index (κ1) is 19.3. The van der Waals surface area contributed by atoms with E-state index in [4.69, 9.17) is 0 Å². The molecule has 1 fully saturated rings. The molecule has 2 N–H and O–H groups in total. The van der Waals surface area contributed by atoms with Crippen molar-refractivity contribution < 1.29 is 18.8 Å². The van der Waals surface area contributed by atoms with Gasteiger partial charge in [-0.1, -0.05) is 18.2 Å². The third-order valence-electron chi connectivity index (χ3n) is 6.38. The maximum atomic E-state index is 13.6. The van der Waals surface area contributed by atoms with Crippen molar-refractivity contribution in [3.8, 4) is 0 Å². The second-order valence-corrected chi connectivity index (χ2v) is 8.13. The van der Waals surface area contributed by atoms with Gasteiger partial charge in [-0.15, -0.1) is 0 Å². The molecule has 2 aliphatic heterocycles. The number of carbonyl (C=O) groups is 3. The van der Waals surface area contributed by atoms with Crippen LogP contribution in [0, 0.1) is 5.82 Å². The molecule has 8 heteroatoms. The van der Waals surface area contributed by atoms with Gasteiger partial charge in [0.2, 0.25) is 5.91 Å². The SMILES string of the molecule is CC(C(=O)Nc1ccc(F)cc1)N1C(=O)N2CCc3c([nH]c4ccccc34)C2(C)C1=O. The molecule has 7 nitrogen and oxygen atoms in total. The predicted octanol–water partition coefficient (Wildman–Crippen LogP) is 3.37. The number of nitrogens with one attached hydrogen (secondary N) is 2. The van der Waals surface area contributed by atoms with Gasteiger partial charge in [-0.25, -0.2) is 14.1 Å². The van der Waals surface area contributed by atoms with Crippen LogP contribution < -0.4 is 5.32 Å². The number of urea groups is 1. The fourth-order valence-corrected chi connectivity index (χ4v) is 4.66. The molecule has 0 radical (unpaired) electrons. The van der Waals surface area contributed by atoms with E-state index in [1.165, 1.54) is 36.1 Å². The van der Waals surface area contributed by atoms with Crippen LogP contribution in [-0.2, 0) is 21.5 Å². The smallest absolute Gasteiger partial charge is 0.328 e. The monoisotopic (exact) mass is 420 g/mol. The lowest BCUT2D eigenvalue weighted by Crippen LogP contribution is -2.49. The molecule has 2 atom stereocenters. The predicted molar refractivity (Wildman–Crippen MR) is 113 cm³/mol. The Hall–Kier alpha value is -3.68. The summed E-state index contributed by atoms with van der Waals surface area (Å²) in [6.07, 6.45) is 0.623. The zero-order valence-electron chi connectivity index (χ0n) is 17.1. The lowest BCUT2D eigenvalue weighted by atomic mass is 9.87. The summed E-state index contributed by atoms with van der Waals surface area (Å²) in [5.74, 6) is -1.38. The van der Waals surface area contributed by atoms with E-state index < -0.39 is 35.2 Å². The molecular formula is C23H21FN4O3. The summed E-state index contributed by atoms with van der Waals surface area (Å²) in [7, 11) is 0. The van der Waals surface area contributed by atoms with Crippen LogP contribution in [0.25, 0.3) is 10.9 Å². The van der Waals surface area contributed by atoms with Crippen molar-refractivity contribution >= 4 is 34.4 Å². The lowest BCUT2D eigenvalue weighted by Gasteiger charge is -2.36. The molecule has 1 aromatic heterocycles. The molecule has 1 saturated heterocycles. The van der Waals surface area contributed by atoms with Crippen molar-refractivity contribution in [2.45, 2.75) is 31.8 Å². The molecule has 2 aromatic carbocycles. The first-order chi connectivity index (χ1) is 14.8. The molecule has 0 aliphatic carbocycles. The fraction of sp³-hybridized carbons (Fsp3) is 0.261. The minimum absolute atomic E-state index is 0.388. The lowest BCUT2D eigenvalue weighted by molar-refractivity contribution is -0.137. The minimum atomic E-state index is -1.20. The standard InChI is InChI=1S/C23H21FN4O3/c1-13(20(29)25-15-9-7-14(24)8-10-15)28-21(30)23(2)19-17(11-12-27(23)22(28)31)16-5-3-4-6-18(16)26-19/h3-10,13,26H,11-12H2,1-2H3,(H,25,29). The highest BCUT2D eigenvalue weighted by molar-refractivity contribution is 6.12. The van der Waals surface area contributed by atoms with Gasteiger partial charge in [0, 0.05) is 23.1 Å². The Kier molecular flexibility index (Phi) is 4.15. The van der Waals surface area contributed by atoms with E-state index in [9.17, 15) is 18.8 Å². The van der Waals surface area contributed by atoms with Crippen LogP contribution in [-0.4, -0.2) is 45.2 Å². The summed E-state index contributed by atoms with van der Waals surface area (Å²) < 4.78 is 13.1. The van der Waals surface area contributed by atoms with Crippen LogP contribution in [0.5, 0.6) is 0 Å². The highest BCUT2D eigenvalue weighted by atomic mass is 19.1. The summed E-state index contributed by atoms with van der Waals surface area (Å²) >= 11 is 0. The van der Waals surface area contributed by atoms with Crippen LogP contribution in [0.2, 0.25) is 0 Å². The Balaban J connectivity index is 1.48. The van der Waals surface area contributed by atoms with E-state index >= 15 is 0 Å². The van der Waals surface area contributed by atoms with Crippen molar-refractivity contribution in [3.63, 3.8) is 0 Å². The largest absolute Gasteiger partial charge is 0.356 e. The summed E-state index contributed by atoms with van der Waals surface area (Å²) in [5, 5.41) is 3.68. The number of carbonyl (C=O) groups excluding carboxylic acids is 3. The summed E-state index contributed by atoms with van der Waals surface area (Å²) in [5.41, 5.74) is 1.83.